The summed E-state index contributed by atoms with van der Waals surface area (Å²) in [4.78, 5) is 0. The molecule has 2 N–H and O–H groups in total. The van der Waals surface area contributed by atoms with Gasteiger partial charge < -0.3 is 5.32 Å². The van der Waals surface area contributed by atoms with Gasteiger partial charge in [-0.05, 0) is 24.5 Å². The Bertz CT molecular complexity index is 457. The topological polar surface area (TPSA) is 40.7 Å². The minimum absolute atomic E-state index is 0.859. The van der Waals surface area contributed by atoms with Gasteiger partial charge in [0.05, 0.1) is 6.20 Å². The third kappa shape index (κ3) is 3.17. The molecule has 3 nitrogen and oxygen atoms in total. The van der Waals surface area contributed by atoms with Crippen molar-refractivity contribution in [2.24, 2.45) is 0 Å². The average Bonchev–Trinajstić information content (AvgIpc) is 2.76. The molecule has 0 bridgehead atoms. The summed E-state index contributed by atoms with van der Waals surface area (Å²) in [6.07, 6.45) is 2.98. The van der Waals surface area contributed by atoms with Gasteiger partial charge in [0.2, 0.25) is 0 Å². The smallest absolute Gasteiger partial charge is 0.0535 e. The molecule has 0 spiro atoms. The van der Waals surface area contributed by atoms with Gasteiger partial charge >= 0.3 is 0 Å². The van der Waals surface area contributed by atoms with Crippen LogP contribution in [0.4, 0.5) is 0 Å². The maximum atomic E-state index is 4.01. The zero-order valence-corrected chi connectivity index (χ0v) is 10.5. The molecule has 0 fully saturated rings. The summed E-state index contributed by atoms with van der Waals surface area (Å²) in [5, 5.41) is 10.4. The van der Waals surface area contributed by atoms with Gasteiger partial charge in [0.15, 0.2) is 0 Å². The van der Waals surface area contributed by atoms with Gasteiger partial charge in [-0.1, -0.05) is 31.2 Å². The summed E-state index contributed by atoms with van der Waals surface area (Å²) in [6, 6.07) is 8.77. The van der Waals surface area contributed by atoms with Gasteiger partial charge in [-0.15, -0.1) is 0 Å². The Balaban J connectivity index is 1.83. The third-order valence-corrected chi connectivity index (χ3v) is 3.01. The lowest BCUT2D eigenvalue weighted by Gasteiger charge is -2.05. The van der Waals surface area contributed by atoms with Crippen LogP contribution in [0.3, 0.4) is 0 Å². The van der Waals surface area contributed by atoms with E-state index in [2.05, 4.69) is 46.7 Å². The maximum absolute atomic E-state index is 4.01. The van der Waals surface area contributed by atoms with Crippen molar-refractivity contribution < 1.29 is 0 Å². The van der Waals surface area contributed by atoms with Crippen molar-refractivity contribution >= 4 is 0 Å². The van der Waals surface area contributed by atoms with Crippen molar-refractivity contribution in [1.82, 2.24) is 15.5 Å². The van der Waals surface area contributed by atoms with Gasteiger partial charge in [-0.3, -0.25) is 5.10 Å². The lowest BCUT2D eigenvalue weighted by atomic mass is 10.1. The number of hydrogen-bond donors (Lipinski definition) is 2. The Morgan fingerprint density at radius 1 is 1.12 bits per heavy atom. The number of aromatic nitrogens is 2. The SMILES string of the molecule is CCc1ccc(CNCc2cn[nH]c2C)cc1. The standard InChI is InChI=1S/C14H19N3/c1-3-12-4-6-13(7-5-12)8-15-9-14-10-16-17-11(14)2/h4-7,10,15H,3,8-9H2,1-2H3,(H,16,17). The van der Waals surface area contributed by atoms with Crippen LogP contribution in [0.5, 0.6) is 0 Å². The molecule has 2 rings (SSSR count). The average molecular weight is 229 g/mol. The second kappa shape index (κ2) is 5.64. The van der Waals surface area contributed by atoms with Crippen molar-refractivity contribution in [3.05, 3.63) is 52.8 Å². The summed E-state index contributed by atoms with van der Waals surface area (Å²) >= 11 is 0. The molecule has 2 aromatic rings. The monoisotopic (exact) mass is 229 g/mol. The largest absolute Gasteiger partial charge is 0.308 e. The fourth-order valence-corrected chi connectivity index (χ4v) is 1.79. The molecule has 0 unspecified atom stereocenters. The van der Waals surface area contributed by atoms with Crippen LogP contribution in [-0.2, 0) is 19.5 Å². The zero-order valence-electron chi connectivity index (χ0n) is 10.5. The van der Waals surface area contributed by atoms with Gasteiger partial charge in [0.25, 0.3) is 0 Å². The van der Waals surface area contributed by atoms with Crippen molar-refractivity contribution in [3.8, 4) is 0 Å². The second-order valence-electron chi connectivity index (χ2n) is 4.29. The van der Waals surface area contributed by atoms with Crippen molar-refractivity contribution in [1.29, 1.82) is 0 Å². The minimum Gasteiger partial charge on any atom is -0.308 e. The van der Waals surface area contributed by atoms with E-state index in [4.69, 9.17) is 0 Å². The van der Waals surface area contributed by atoms with E-state index in [-0.39, 0.29) is 0 Å². The van der Waals surface area contributed by atoms with Crippen LogP contribution in [-0.4, -0.2) is 10.2 Å². The van der Waals surface area contributed by atoms with E-state index in [1.807, 2.05) is 13.1 Å². The quantitative estimate of drug-likeness (QED) is 0.827. The van der Waals surface area contributed by atoms with Crippen molar-refractivity contribution in [2.45, 2.75) is 33.4 Å². The summed E-state index contributed by atoms with van der Waals surface area (Å²) in [5.41, 5.74) is 5.08. The number of benzene rings is 1. The van der Waals surface area contributed by atoms with Gasteiger partial charge in [0, 0.05) is 24.3 Å². The van der Waals surface area contributed by atoms with E-state index in [9.17, 15) is 0 Å². The molecule has 1 heterocycles. The van der Waals surface area contributed by atoms with Crippen LogP contribution in [0.25, 0.3) is 0 Å². The molecule has 17 heavy (non-hydrogen) atoms. The molecule has 0 atom stereocenters. The molecule has 90 valence electrons. The molecule has 0 saturated carbocycles. The number of hydrogen-bond acceptors (Lipinski definition) is 2. The fraction of sp³-hybridized carbons (Fsp3) is 0.357. The van der Waals surface area contributed by atoms with Gasteiger partial charge in [-0.25, -0.2) is 0 Å². The molecule has 0 radical (unpaired) electrons. The first-order chi connectivity index (χ1) is 8.29. The lowest BCUT2D eigenvalue weighted by molar-refractivity contribution is 0.690. The van der Waals surface area contributed by atoms with Crippen LogP contribution in [0.15, 0.2) is 30.5 Å². The van der Waals surface area contributed by atoms with E-state index in [0.29, 0.717) is 0 Å². The highest BCUT2D eigenvalue weighted by Crippen LogP contribution is 2.06. The van der Waals surface area contributed by atoms with Gasteiger partial charge in [0.1, 0.15) is 0 Å². The molecule has 0 aliphatic rings. The Labute approximate surface area is 102 Å². The number of rotatable bonds is 5. The number of nitrogens with zero attached hydrogens (tertiary/aromatic N) is 1. The normalized spacial score (nSPS) is 10.7. The second-order valence-corrected chi connectivity index (χ2v) is 4.29. The highest BCUT2D eigenvalue weighted by molar-refractivity contribution is 5.22. The molecular weight excluding hydrogens is 210 g/mol. The van der Waals surface area contributed by atoms with Crippen molar-refractivity contribution in [3.63, 3.8) is 0 Å². The number of H-pyrrole nitrogens is 1. The highest BCUT2D eigenvalue weighted by Gasteiger charge is 1.99. The van der Waals surface area contributed by atoms with Crippen LogP contribution < -0.4 is 5.32 Å². The van der Waals surface area contributed by atoms with Gasteiger partial charge in [-0.2, -0.15) is 5.10 Å². The minimum atomic E-state index is 0.859. The van der Waals surface area contributed by atoms with E-state index in [1.54, 1.807) is 0 Å². The lowest BCUT2D eigenvalue weighted by Crippen LogP contribution is -2.12. The summed E-state index contributed by atoms with van der Waals surface area (Å²) in [5.74, 6) is 0. The summed E-state index contributed by atoms with van der Waals surface area (Å²) in [6.45, 7) is 5.97. The Morgan fingerprint density at radius 3 is 2.41 bits per heavy atom. The molecule has 3 heteroatoms. The predicted octanol–water partition coefficient (Wildman–Crippen LogP) is 2.57. The fourth-order valence-electron chi connectivity index (χ4n) is 1.79. The van der Waals surface area contributed by atoms with E-state index in [0.717, 1.165) is 25.2 Å². The predicted molar refractivity (Wildman–Crippen MR) is 69.7 cm³/mol. The number of aryl methyl sites for hydroxylation is 2. The van der Waals surface area contributed by atoms with E-state index < -0.39 is 0 Å². The zero-order chi connectivity index (χ0) is 12.1. The first-order valence-corrected chi connectivity index (χ1v) is 6.07. The Hall–Kier alpha value is -1.61. The maximum Gasteiger partial charge on any atom is 0.0535 e. The first kappa shape index (κ1) is 11.9. The molecule has 0 saturated heterocycles. The third-order valence-electron chi connectivity index (χ3n) is 3.01. The van der Waals surface area contributed by atoms with Crippen LogP contribution in [0.1, 0.15) is 29.3 Å². The Morgan fingerprint density at radius 2 is 1.82 bits per heavy atom. The van der Waals surface area contributed by atoms with Crippen molar-refractivity contribution in [2.75, 3.05) is 0 Å². The number of aromatic amines is 1. The van der Waals surface area contributed by atoms with E-state index >= 15 is 0 Å². The molecule has 0 aliphatic carbocycles. The van der Waals surface area contributed by atoms with Crippen LogP contribution in [0.2, 0.25) is 0 Å². The summed E-state index contributed by atoms with van der Waals surface area (Å²) in [7, 11) is 0. The molecule has 1 aromatic carbocycles. The molecule has 0 amide bonds. The van der Waals surface area contributed by atoms with E-state index in [1.165, 1.54) is 16.7 Å². The molecular formula is C14H19N3. The Kier molecular flexibility index (Phi) is 3.94. The highest BCUT2D eigenvalue weighted by atomic mass is 15.1. The summed E-state index contributed by atoms with van der Waals surface area (Å²) < 4.78 is 0. The molecule has 0 aliphatic heterocycles. The van der Waals surface area contributed by atoms with Crippen LogP contribution >= 0.6 is 0 Å². The van der Waals surface area contributed by atoms with Crippen LogP contribution in [0, 0.1) is 6.92 Å². The molecule has 1 aromatic heterocycles. The first-order valence-electron chi connectivity index (χ1n) is 6.07. The number of nitrogens with one attached hydrogen (secondary N) is 2.